The van der Waals surface area contributed by atoms with E-state index >= 15 is 0 Å². The largest absolute Gasteiger partial charge is 0.368 e. The zero-order chi connectivity index (χ0) is 23.1. The van der Waals surface area contributed by atoms with Crippen LogP contribution >= 0.6 is 0 Å². The minimum atomic E-state index is -0.432. The van der Waals surface area contributed by atoms with Crippen LogP contribution in [0.3, 0.4) is 0 Å². The predicted octanol–water partition coefficient (Wildman–Crippen LogP) is 2.59. The smallest absolute Gasteiger partial charge is 0.239 e. The van der Waals surface area contributed by atoms with E-state index in [1.54, 1.807) is 18.5 Å². The monoisotopic (exact) mass is 448 g/mol. The van der Waals surface area contributed by atoms with E-state index in [0.29, 0.717) is 6.04 Å². The molecule has 0 bridgehead atoms. The van der Waals surface area contributed by atoms with Crippen LogP contribution in [0, 0.1) is 5.82 Å². The number of carbonyl (C=O) groups excluding carboxylic acids is 1. The van der Waals surface area contributed by atoms with Crippen molar-refractivity contribution in [3.63, 3.8) is 0 Å². The molecule has 2 aromatic heterocycles. The van der Waals surface area contributed by atoms with Crippen molar-refractivity contribution in [2.45, 2.75) is 37.4 Å². The minimum absolute atomic E-state index is 0.0470. The quantitative estimate of drug-likeness (QED) is 0.627. The summed E-state index contributed by atoms with van der Waals surface area (Å²) in [6.07, 6.45) is 7.31. The second kappa shape index (κ2) is 8.68. The van der Waals surface area contributed by atoms with Crippen LogP contribution in [0.2, 0.25) is 0 Å². The first-order valence-corrected chi connectivity index (χ1v) is 11.4. The molecule has 1 fully saturated rings. The van der Waals surface area contributed by atoms with Crippen LogP contribution in [-0.2, 0) is 17.8 Å². The number of likely N-dealkylation sites (tertiary alicyclic amines) is 1. The molecule has 3 aromatic rings. The molecule has 1 saturated heterocycles. The van der Waals surface area contributed by atoms with Crippen molar-refractivity contribution in [3.05, 3.63) is 71.4 Å². The first-order chi connectivity index (χ1) is 15.9. The van der Waals surface area contributed by atoms with E-state index in [1.165, 1.54) is 10.2 Å². The van der Waals surface area contributed by atoms with Gasteiger partial charge in [-0.3, -0.25) is 19.4 Å². The molecule has 5 rings (SSSR count). The molecule has 0 saturated carbocycles. The Balaban J connectivity index is 1.36. The molecule has 3 heterocycles. The Morgan fingerprint density at radius 2 is 2.06 bits per heavy atom. The van der Waals surface area contributed by atoms with Crippen LogP contribution in [0.1, 0.15) is 35.1 Å². The highest BCUT2D eigenvalue weighted by atomic mass is 19.1. The zero-order valence-electron chi connectivity index (χ0n) is 19.0. The Labute approximate surface area is 193 Å². The lowest BCUT2D eigenvalue weighted by molar-refractivity contribution is -0.118. The van der Waals surface area contributed by atoms with Gasteiger partial charge < -0.3 is 10.6 Å². The van der Waals surface area contributed by atoms with Crippen LogP contribution < -0.4 is 5.73 Å². The molecular formula is C25H29FN6O. The summed E-state index contributed by atoms with van der Waals surface area (Å²) in [7, 11) is 4.22. The standard InChI is InChI=1S/C25H29FN6O/c1-30(2)23-14-31(22-9-7-16-4-3-5-20(26)25(16)22)13-19(23)17-6-8-21(28-10-17)18-11-29-32(12-18)15-24(27)33/h3-6,8,10-12,19,22-23H,7,9,13-15H2,1-2H3,(H2,27,33)/t19-,22?,23+/m0/s1. The van der Waals surface area contributed by atoms with Gasteiger partial charge in [0.1, 0.15) is 12.4 Å². The number of rotatable bonds is 6. The number of halogens is 1. The van der Waals surface area contributed by atoms with Crippen molar-refractivity contribution in [3.8, 4) is 11.3 Å². The van der Waals surface area contributed by atoms with Crippen molar-refractivity contribution in [2.75, 3.05) is 27.2 Å². The lowest BCUT2D eigenvalue weighted by atomic mass is 9.94. The fourth-order valence-corrected chi connectivity index (χ4v) is 5.43. The molecule has 172 valence electrons. The number of pyridine rings is 1. The van der Waals surface area contributed by atoms with Crippen LogP contribution in [0.4, 0.5) is 4.39 Å². The van der Waals surface area contributed by atoms with Gasteiger partial charge in [-0.25, -0.2) is 4.39 Å². The molecule has 1 aromatic carbocycles. The maximum Gasteiger partial charge on any atom is 0.239 e. The number of hydrogen-bond donors (Lipinski definition) is 1. The number of carbonyl (C=O) groups is 1. The number of primary amides is 1. The van der Waals surface area contributed by atoms with Crippen molar-refractivity contribution in [1.82, 2.24) is 24.6 Å². The molecule has 0 spiro atoms. The average Bonchev–Trinajstić information content (AvgIpc) is 3.52. The number of amides is 1. The molecule has 8 heteroatoms. The Morgan fingerprint density at radius 3 is 2.79 bits per heavy atom. The third-order valence-corrected chi connectivity index (χ3v) is 7.05. The zero-order valence-corrected chi connectivity index (χ0v) is 19.0. The summed E-state index contributed by atoms with van der Waals surface area (Å²) in [5.41, 5.74) is 10.1. The van der Waals surface area contributed by atoms with Gasteiger partial charge in [-0.2, -0.15) is 5.10 Å². The van der Waals surface area contributed by atoms with E-state index in [-0.39, 0.29) is 24.3 Å². The second-order valence-electron chi connectivity index (χ2n) is 9.33. The van der Waals surface area contributed by atoms with E-state index in [0.717, 1.165) is 48.3 Å². The first-order valence-electron chi connectivity index (χ1n) is 11.4. The number of aryl methyl sites for hydroxylation is 1. The Kier molecular flexibility index (Phi) is 5.72. The summed E-state index contributed by atoms with van der Waals surface area (Å²) in [6, 6.07) is 10.1. The van der Waals surface area contributed by atoms with Crippen molar-refractivity contribution in [2.24, 2.45) is 5.73 Å². The molecule has 1 aliphatic heterocycles. The third kappa shape index (κ3) is 4.16. The van der Waals surface area contributed by atoms with Crippen LogP contribution in [0.25, 0.3) is 11.3 Å². The summed E-state index contributed by atoms with van der Waals surface area (Å²) in [5, 5.41) is 4.18. The van der Waals surface area contributed by atoms with Gasteiger partial charge in [0.05, 0.1) is 11.9 Å². The maximum atomic E-state index is 14.7. The molecule has 7 nitrogen and oxygen atoms in total. The van der Waals surface area contributed by atoms with Gasteiger partial charge in [0, 0.05) is 54.6 Å². The molecular weight excluding hydrogens is 419 g/mol. The molecule has 0 radical (unpaired) electrons. The summed E-state index contributed by atoms with van der Waals surface area (Å²) < 4.78 is 16.2. The average molecular weight is 449 g/mol. The Morgan fingerprint density at radius 1 is 1.21 bits per heavy atom. The maximum absolute atomic E-state index is 14.7. The van der Waals surface area contributed by atoms with Gasteiger partial charge in [-0.1, -0.05) is 18.2 Å². The van der Waals surface area contributed by atoms with Crippen LogP contribution in [-0.4, -0.2) is 63.7 Å². The van der Waals surface area contributed by atoms with Crippen LogP contribution in [0.15, 0.2) is 48.9 Å². The fourth-order valence-electron chi connectivity index (χ4n) is 5.43. The number of nitrogens with two attached hydrogens (primary N) is 1. The van der Waals surface area contributed by atoms with E-state index in [9.17, 15) is 9.18 Å². The van der Waals surface area contributed by atoms with E-state index in [1.807, 2.05) is 18.3 Å². The highest BCUT2D eigenvalue weighted by molar-refractivity contribution is 5.73. The Hall–Kier alpha value is -3.10. The topological polar surface area (TPSA) is 80.3 Å². The van der Waals surface area contributed by atoms with E-state index < -0.39 is 5.91 Å². The molecule has 33 heavy (non-hydrogen) atoms. The lowest BCUT2D eigenvalue weighted by Gasteiger charge is -2.26. The van der Waals surface area contributed by atoms with Crippen LogP contribution in [0.5, 0.6) is 0 Å². The van der Waals surface area contributed by atoms with Crippen molar-refractivity contribution >= 4 is 5.91 Å². The molecule has 1 unspecified atom stereocenters. The second-order valence-corrected chi connectivity index (χ2v) is 9.33. The van der Waals surface area contributed by atoms with E-state index in [2.05, 4.69) is 46.1 Å². The molecule has 2 N–H and O–H groups in total. The lowest BCUT2D eigenvalue weighted by Crippen LogP contribution is -2.35. The minimum Gasteiger partial charge on any atom is -0.368 e. The van der Waals surface area contributed by atoms with Gasteiger partial charge in [0.25, 0.3) is 0 Å². The Bertz CT molecular complexity index is 1160. The van der Waals surface area contributed by atoms with Gasteiger partial charge >= 0.3 is 0 Å². The summed E-state index contributed by atoms with van der Waals surface area (Å²) in [5.74, 6) is -0.226. The number of benzene rings is 1. The normalized spacial score (nSPS) is 22.7. The van der Waals surface area contributed by atoms with Crippen molar-refractivity contribution in [1.29, 1.82) is 0 Å². The fraction of sp³-hybridized carbons (Fsp3) is 0.400. The number of likely N-dealkylation sites (N-methyl/N-ethyl adjacent to an activating group) is 1. The summed E-state index contributed by atoms with van der Waals surface area (Å²) in [6.45, 7) is 1.82. The SMILES string of the molecule is CN(C)[C@@H]1CN(C2CCc3cccc(F)c32)C[C@H]1c1ccc(-c2cnn(CC(N)=O)c2)nc1. The molecule has 3 atom stereocenters. The first kappa shape index (κ1) is 21.7. The number of aromatic nitrogens is 3. The molecule has 2 aliphatic rings. The third-order valence-electron chi connectivity index (χ3n) is 7.05. The predicted molar refractivity (Wildman–Crippen MR) is 124 cm³/mol. The molecule has 1 amide bonds. The number of hydrogen-bond acceptors (Lipinski definition) is 5. The van der Waals surface area contributed by atoms with E-state index in [4.69, 9.17) is 5.73 Å². The van der Waals surface area contributed by atoms with Gasteiger partial charge in [0.2, 0.25) is 5.91 Å². The summed E-state index contributed by atoms with van der Waals surface area (Å²) in [4.78, 5) is 20.5. The molecule has 1 aliphatic carbocycles. The highest BCUT2D eigenvalue weighted by Gasteiger charge is 2.41. The summed E-state index contributed by atoms with van der Waals surface area (Å²) >= 11 is 0. The van der Waals surface area contributed by atoms with Gasteiger partial charge in [-0.05, 0) is 50.2 Å². The van der Waals surface area contributed by atoms with Crippen molar-refractivity contribution < 1.29 is 9.18 Å². The number of fused-ring (bicyclic) bond motifs is 1. The highest BCUT2D eigenvalue weighted by Crippen LogP contribution is 2.42. The van der Waals surface area contributed by atoms with Gasteiger partial charge in [0.15, 0.2) is 0 Å². The number of nitrogens with zero attached hydrogens (tertiary/aromatic N) is 5. The van der Waals surface area contributed by atoms with Gasteiger partial charge in [-0.15, -0.1) is 0 Å².